The van der Waals surface area contributed by atoms with Crippen LogP contribution in [0.2, 0.25) is 0 Å². The predicted molar refractivity (Wildman–Crippen MR) is 133 cm³/mol. The number of alkyl halides is 5. The quantitative estimate of drug-likeness (QED) is 0.232. The van der Waals surface area contributed by atoms with Crippen LogP contribution in [0.15, 0.2) is 29.3 Å². The van der Waals surface area contributed by atoms with Crippen molar-refractivity contribution in [3.8, 4) is 5.75 Å². The van der Waals surface area contributed by atoms with Crippen LogP contribution in [-0.4, -0.2) is 66.7 Å². The number of carbonyl (C=O) groups excluding carboxylic acids is 1. The summed E-state index contributed by atoms with van der Waals surface area (Å²) in [5.74, 6) is -3.71. The molecule has 1 aromatic carbocycles. The molecule has 14 heteroatoms. The van der Waals surface area contributed by atoms with Gasteiger partial charge in [0, 0.05) is 68.1 Å². The molecule has 3 rings (SSSR count). The lowest BCUT2D eigenvalue weighted by atomic mass is 10.1. The van der Waals surface area contributed by atoms with Gasteiger partial charge in [0.1, 0.15) is 5.75 Å². The molecule has 0 saturated carbocycles. The lowest BCUT2D eigenvalue weighted by molar-refractivity contribution is -0.00580. The number of hydrogen-bond donors (Lipinski definition) is 0. The summed E-state index contributed by atoms with van der Waals surface area (Å²) in [5, 5.41) is 0.409. The maximum absolute atomic E-state index is 13.9. The number of sulfone groups is 1. The summed E-state index contributed by atoms with van der Waals surface area (Å²) >= 11 is 1.84. The number of nitrogens with zero attached hydrogens (tertiary/aromatic N) is 3. The Morgan fingerprint density at radius 2 is 1.86 bits per heavy atom. The number of amides is 1. The highest BCUT2D eigenvalue weighted by molar-refractivity contribution is 14.1. The normalized spacial score (nSPS) is 16.3. The topological polar surface area (TPSA) is 79.8 Å². The highest BCUT2D eigenvalue weighted by Crippen LogP contribution is 2.36. The van der Waals surface area contributed by atoms with E-state index in [0.29, 0.717) is 18.2 Å². The average molecular weight is 649 g/mol. The Bertz CT molecular complexity index is 1170. The molecule has 1 aliphatic rings. The highest BCUT2D eigenvalue weighted by Gasteiger charge is 2.38. The van der Waals surface area contributed by atoms with Crippen molar-refractivity contribution in [2.24, 2.45) is 0 Å². The summed E-state index contributed by atoms with van der Waals surface area (Å²) in [4.78, 5) is 20.3. The number of anilines is 1. The molecular formula is C21H24F4IN3O4S2. The Morgan fingerprint density at radius 1 is 1.23 bits per heavy atom. The van der Waals surface area contributed by atoms with Gasteiger partial charge in [-0.25, -0.2) is 22.2 Å². The Hall–Kier alpha value is -1.68. The van der Waals surface area contributed by atoms with Crippen molar-refractivity contribution in [3.63, 3.8) is 0 Å². The van der Waals surface area contributed by atoms with Crippen LogP contribution in [-0.2, 0) is 15.8 Å². The van der Waals surface area contributed by atoms with Crippen LogP contribution in [0.5, 0.6) is 5.75 Å². The number of halogens is 5. The maximum atomic E-state index is 13.9. The second-order valence-electron chi connectivity index (χ2n) is 8.16. The average Bonchev–Trinajstić information content (AvgIpc) is 3.26. The van der Waals surface area contributed by atoms with E-state index in [2.05, 4.69) is 4.98 Å². The summed E-state index contributed by atoms with van der Waals surface area (Å²) in [5.41, 5.74) is -0.136. The van der Waals surface area contributed by atoms with E-state index >= 15 is 0 Å². The third kappa shape index (κ3) is 6.76. The van der Waals surface area contributed by atoms with E-state index in [4.69, 9.17) is 4.74 Å². The fraction of sp³-hybridized carbons (Fsp3) is 0.524. The van der Waals surface area contributed by atoms with Gasteiger partial charge in [-0.1, -0.05) is 18.3 Å². The molecule has 0 bridgehead atoms. The number of piperazine rings is 1. The monoisotopic (exact) mass is 649 g/mol. The molecule has 194 valence electrons. The van der Waals surface area contributed by atoms with Crippen molar-refractivity contribution in [2.45, 2.75) is 41.1 Å². The molecule has 1 fully saturated rings. The van der Waals surface area contributed by atoms with Crippen LogP contribution in [0.3, 0.4) is 0 Å². The molecule has 1 amide bonds. The smallest absolute Gasteiger partial charge is 0.332 e. The summed E-state index contributed by atoms with van der Waals surface area (Å²) in [6.45, 7) is 3.30. The summed E-state index contributed by atoms with van der Waals surface area (Å²) < 4.78 is 81.3. The lowest BCUT2D eigenvalue weighted by Gasteiger charge is -2.35. The fourth-order valence-corrected chi connectivity index (χ4v) is 5.54. The van der Waals surface area contributed by atoms with Crippen molar-refractivity contribution in [2.75, 3.05) is 37.3 Å². The zero-order valence-corrected chi connectivity index (χ0v) is 22.9. The molecule has 1 unspecified atom stereocenters. The Kier molecular flexibility index (Phi) is 8.26. The van der Waals surface area contributed by atoms with Gasteiger partial charge in [0.15, 0.2) is 21.1 Å². The standard InChI is InChI=1S/C21H24F4IN3O4S2/c1-4-16(21(24,25)26)33-15-6-5-13(35(3,31)32)11-14(15)18(30)28-7-9-29(10-8-28)19-27-12-17(34-19)20(2,22)23/h5-6,11-12,16H,4,7-10H2,1-3H3. The van der Waals surface area contributed by atoms with Gasteiger partial charge in [-0.15, -0.1) is 0 Å². The predicted octanol–water partition coefficient (Wildman–Crippen LogP) is 4.81. The van der Waals surface area contributed by atoms with Crippen LogP contribution in [0.4, 0.5) is 22.7 Å². The number of carbonyl (C=O) groups is 1. The Balaban J connectivity index is 1.83. The van der Waals surface area contributed by atoms with Crippen molar-refractivity contribution in [1.82, 2.24) is 9.88 Å². The molecular weight excluding hydrogens is 625 g/mol. The number of hydrogen-bond acceptors (Lipinski definition) is 7. The molecule has 0 N–H and O–H groups in total. The van der Waals surface area contributed by atoms with E-state index in [0.717, 1.165) is 59.4 Å². The molecule has 0 spiro atoms. The van der Waals surface area contributed by atoms with Gasteiger partial charge >= 0.3 is 3.93 Å². The number of ether oxygens (including phenoxy) is 1. The van der Waals surface area contributed by atoms with E-state index < -0.39 is 31.7 Å². The number of aromatic nitrogens is 1. The summed E-state index contributed by atoms with van der Waals surface area (Å²) in [6, 6.07) is 3.56. The van der Waals surface area contributed by atoms with Crippen LogP contribution in [0, 0.1) is 0 Å². The third-order valence-corrected chi connectivity index (χ3v) is 8.41. The van der Waals surface area contributed by atoms with Gasteiger partial charge < -0.3 is 14.5 Å². The van der Waals surface area contributed by atoms with Gasteiger partial charge in [-0.2, -0.15) is 8.78 Å². The molecule has 7 nitrogen and oxygen atoms in total. The molecule has 0 radical (unpaired) electrons. The molecule has 35 heavy (non-hydrogen) atoms. The first-order chi connectivity index (χ1) is 16.1. The van der Waals surface area contributed by atoms with Gasteiger partial charge in [0.2, 0.25) is 0 Å². The largest absolute Gasteiger partial charge is 0.482 e. The summed E-state index contributed by atoms with van der Waals surface area (Å²) in [7, 11) is -3.68. The third-order valence-electron chi connectivity index (χ3n) is 5.38. The maximum Gasteiger partial charge on any atom is 0.332 e. The van der Waals surface area contributed by atoms with E-state index in [1.807, 2.05) is 0 Å². The second-order valence-corrected chi connectivity index (χ2v) is 12.6. The number of thiazole rings is 1. The molecule has 1 aliphatic heterocycles. The minimum atomic E-state index is -3.68. The zero-order valence-electron chi connectivity index (χ0n) is 19.1. The summed E-state index contributed by atoms with van der Waals surface area (Å²) in [6.07, 6.45) is 0.547. The van der Waals surface area contributed by atoms with Gasteiger partial charge in [0.05, 0.1) is 15.3 Å². The van der Waals surface area contributed by atoms with Crippen molar-refractivity contribution < 1.29 is 35.5 Å². The van der Waals surface area contributed by atoms with Gasteiger partial charge in [-0.05, 0) is 24.6 Å². The minimum Gasteiger partial charge on any atom is -0.482 e. The SMILES string of the molecule is CCC(Oc1ccc(S(C)(=O)=O)cc1C(=O)N1CCN(c2ncc(C(C)(F)F)s2)CC1)C(F)(F)I. The van der Waals surface area contributed by atoms with Gasteiger partial charge in [-0.3, -0.25) is 4.79 Å². The first-order valence-corrected chi connectivity index (χ1v) is 14.4. The highest BCUT2D eigenvalue weighted by atomic mass is 127. The van der Waals surface area contributed by atoms with Crippen LogP contribution >= 0.6 is 33.9 Å². The second kappa shape index (κ2) is 10.4. The Labute approximate surface area is 218 Å². The zero-order chi connectivity index (χ0) is 26.2. The molecule has 2 heterocycles. The minimum absolute atomic E-state index is 0.0390. The van der Waals surface area contributed by atoms with E-state index in [-0.39, 0.29) is 40.6 Å². The number of benzene rings is 1. The van der Waals surface area contributed by atoms with Crippen molar-refractivity contribution in [3.05, 3.63) is 34.8 Å². The molecule has 1 saturated heterocycles. The van der Waals surface area contributed by atoms with Crippen LogP contribution in [0.25, 0.3) is 0 Å². The molecule has 2 aromatic rings. The van der Waals surface area contributed by atoms with E-state index in [9.17, 15) is 30.8 Å². The molecule has 0 aliphatic carbocycles. The fourth-order valence-electron chi connectivity index (χ4n) is 3.43. The lowest BCUT2D eigenvalue weighted by Crippen LogP contribution is -2.49. The molecule has 1 aromatic heterocycles. The first kappa shape index (κ1) is 27.9. The van der Waals surface area contributed by atoms with E-state index in [1.54, 1.807) is 4.90 Å². The van der Waals surface area contributed by atoms with E-state index in [1.165, 1.54) is 24.0 Å². The van der Waals surface area contributed by atoms with Crippen LogP contribution < -0.4 is 9.64 Å². The van der Waals surface area contributed by atoms with Crippen molar-refractivity contribution in [1.29, 1.82) is 0 Å². The Morgan fingerprint density at radius 3 is 2.34 bits per heavy atom. The van der Waals surface area contributed by atoms with Gasteiger partial charge in [0.25, 0.3) is 11.8 Å². The van der Waals surface area contributed by atoms with Crippen molar-refractivity contribution >= 4 is 54.8 Å². The number of rotatable bonds is 8. The first-order valence-electron chi connectivity index (χ1n) is 10.6. The molecule has 1 atom stereocenters. The van der Waals surface area contributed by atoms with Crippen LogP contribution in [0.1, 0.15) is 35.5 Å².